The van der Waals surface area contributed by atoms with E-state index in [1.165, 1.54) is 24.2 Å². The average molecular weight is 716 g/mol. The SMILES string of the molecule is C.C.C.C.C.C.C.C.C.C.C.C.C.C.CCCC.CCNC.CCOC.CCSC.COC(C)C.COC(C)CCc1ccccc1. The average Bonchev–Trinajstić information content (AvgIpc) is 2.88. The predicted octanol–water partition coefficient (Wildman–Crippen LogP) is 16.7. The molecule has 0 bridgehead atoms. The molecule has 0 aliphatic carbocycles. The van der Waals surface area contributed by atoms with Gasteiger partial charge in [0.05, 0.1) is 12.2 Å². The normalized spacial score (nSPS) is 6.85. The third-order valence-electron chi connectivity index (χ3n) is 3.99. The molecule has 0 fully saturated rings. The Balaban J connectivity index is -0.0000000118. The van der Waals surface area contributed by atoms with Gasteiger partial charge < -0.3 is 19.5 Å². The van der Waals surface area contributed by atoms with Gasteiger partial charge in [0.1, 0.15) is 0 Å². The molecule has 0 saturated heterocycles. The molecule has 4 nitrogen and oxygen atoms in total. The van der Waals surface area contributed by atoms with Gasteiger partial charge in [0.2, 0.25) is 0 Å². The zero-order valence-corrected chi connectivity index (χ0v) is 25.4. The van der Waals surface area contributed by atoms with Gasteiger partial charge in [0, 0.05) is 27.9 Å². The van der Waals surface area contributed by atoms with E-state index in [-0.39, 0.29) is 104 Å². The quantitative estimate of drug-likeness (QED) is 0.276. The van der Waals surface area contributed by atoms with E-state index in [0.717, 1.165) is 26.0 Å². The summed E-state index contributed by atoms with van der Waals surface area (Å²) in [6, 6.07) is 10.5. The molecule has 1 atom stereocenters. The van der Waals surface area contributed by atoms with Gasteiger partial charge >= 0.3 is 0 Å². The molecule has 1 N–H and O–H groups in total. The van der Waals surface area contributed by atoms with Crippen molar-refractivity contribution in [2.24, 2.45) is 0 Å². The minimum atomic E-state index is 0. The molecule has 0 spiro atoms. The second kappa shape index (κ2) is 139. The highest BCUT2D eigenvalue weighted by molar-refractivity contribution is 7.98. The zero-order chi connectivity index (χ0) is 26.8. The van der Waals surface area contributed by atoms with Gasteiger partial charge in [-0.05, 0) is 71.7 Å². The van der Waals surface area contributed by atoms with E-state index in [1.54, 1.807) is 21.3 Å². The number of hydrogen-bond donors (Lipinski definition) is 1. The largest absolute Gasteiger partial charge is 0.385 e. The summed E-state index contributed by atoms with van der Waals surface area (Å²) in [4.78, 5) is 0. The Morgan fingerprint density at radius 2 is 0.894 bits per heavy atom. The Kier molecular flexibility index (Phi) is 376. The van der Waals surface area contributed by atoms with Crippen LogP contribution in [0.5, 0.6) is 0 Å². The molecule has 5 heteroatoms. The summed E-state index contributed by atoms with van der Waals surface area (Å²) in [6.45, 7) is 18.5. The molecule has 1 aromatic carbocycles. The van der Waals surface area contributed by atoms with Crippen molar-refractivity contribution in [3.8, 4) is 0 Å². The fourth-order valence-electron chi connectivity index (χ4n) is 1.13. The second-order valence-electron chi connectivity index (χ2n) is 7.22. The van der Waals surface area contributed by atoms with Crippen molar-refractivity contribution >= 4 is 11.8 Å². The Labute approximate surface area is 317 Å². The van der Waals surface area contributed by atoms with E-state index in [1.807, 2.05) is 45.6 Å². The van der Waals surface area contributed by atoms with Gasteiger partial charge in [-0.15, -0.1) is 0 Å². The van der Waals surface area contributed by atoms with Crippen LogP contribution in [-0.4, -0.2) is 65.7 Å². The van der Waals surface area contributed by atoms with Gasteiger partial charge in [-0.1, -0.05) is 175 Å². The number of nitrogens with one attached hydrogen (secondary N) is 1. The molecule has 0 amide bonds. The van der Waals surface area contributed by atoms with E-state index >= 15 is 0 Å². The first-order valence-corrected chi connectivity index (χ1v) is 13.9. The highest BCUT2D eigenvalue weighted by atomic mass is 32.2. The third-order valence-corrected chi connectivity index (χ3v) is 4.56. The zero-order valence-electron chi connectivity index (χ0n) is 24.6. The summed E-state index contributed by atoms with van der Waals surface area (Å²) in [7, 11) is 7.07. The molecule has 0 radical (unpaired) electrons. The molecule has 0 saturated carbocycles. The lowest BCUT2D eigenvalue weighted by Crippen LogP contribution is -2.05. The molecule has 1 unspecified atom stereocenters. The lowest BCUT2D eigenvalue weighted by Gasteiger charge is -2.08. The predicted molar refractivity (Wildman–Crippen MR) is 249 cm³/mol. The molecular weight excluding hydrogens is 599 g/mol. The number of thioether (sulfide) groups is 1. The van der Waals surface area contributed by atoms with Crippen LogP contribution in [0.1, 0.15) is 184 Å². The van der Waals surface area contributed by atoms with Crippen LogP contribution in [0.25, 0.3) is 0 Å². The van der Waals surface area contributed by atoms with Gasteiger partial charge in [0.25, 0.3) is 0 Å². The standard InChI is InChI=1S/C11H16O.C4H10O.C4H10.C3H9N.C3H8O.C3H8S.14CH4/c1-10(12-2)8-9-11-6-4-3-5-7-11;1-4(2)5-3;4*1-3-4-2;;;;;;;;;;;;;;/h3-7,10H,8-9H2,1-2H3;4H,1-3H3;3-4H2,1-2H3;4H,3H2,1-2H3;2*3H2,1-2H3;14*1H4. The third kappa shape index (κ3) is 205. The van der Waals surface area contributed by atoms with Crippen molar-refractivity contribution in [1.29, 1.82) is 0 Å². The Hall–Kier alpha value is -0.590. The Bertz CT molecular complexity index is 357. The molecule has 0 aliphatic rings. The van der Waals surface area contributed by atoms with Crippen LogP contribution in [-0.2, 0) is 20.6 Å². The summed E-state index contributed by atoms with van der Waals surface area (Å²) in [5, 5.41) is 2.93. The van der Waals surface area contributed by atoms with Crippen LogP contribution in [0.4, 0.5) is 0 Å². The number of rotatable bonds is 9. The summed E-state index contributed by atoms with van der Waals surface area (Å²) in [6.07, 6.45) is 7.69. The number of ether oxygens (including phenoxy) is 3. The highest BCUT2D eigenvalue weighted by Crippen LogP contribution is 2.05. The van der Waals surface area contributed by atoms with Crippen LogP contribution in [0.3, 0.4) is 0 Å². The maximum Gasteiger partial charge on any atom is 0.0546 e. The summed E-state index contributed by atoms with van der Waals surface area (Å²) >= 11 is 1.86. The van der Waals surface area contributed by atoms with Crippen molar-refractivity contribution in [2.75, 3.05) is 53.5 Å². The fourth-order valence-corrected chi connectivity index (χ4v) is 1.13. The van der Waals surface area contributed by atoms with E-state index in [0.29, 0.717) is 12.2 Å². The van der Waals surface area contributed by atoms with E-state index in [9.17, 15) is 0 Å². The first kappa shape index (κ1) is 127. The van der Waals surface area contributed by atoms with Crippen molar-refractivity contribution in [2.45, 2.75) is 197 Å². The summed E-state index contributed by atoms with van der Waals surface area (Å²) in [5.41, 5.74) is 1.39. The number of benzene rings is 1. The van der Waals surface area contributed by atoms with Gasteiger partial charge in [-0.2, -0.15) is 11.8 Å². The fraction of sp³-hybridized carbons (Fsp3) is 0.857. The van der Waals surface area contributed by atoms with Crippen LogP contribution in [0, 0.1) is 0 Å². The van der Waals surface area contributed by atoms with Gasteiger partial charge in [-0.3, -0.25) is 0 Å². The molecule has 1 aromatic rings. The number of methoxy groups -OCH3 is 3. The minimum absolute atomic E-state index is 0. The smallest absolute Gasteiger partial charge is 0.0546 e. The topological polar surface area (TPSA) is 39.7 Å². The van der Waals surface area contributed by atoms with Crippen molar-refractivity contribution in [3.63, 3.8) is 0 Å². The van der Waals surface area contributed by atoms with Crippen molar-refractivity contribution < 1.29 is 14.2 Å². The van der Waals surface area contributed by atoms with Crippen LogP contribution in [0.2, 0.25) is 0 Å². The number of unbranched alkanes of at least 4 members (excludes halogenated alkanes) is 1. The first-order valence-electron chi connectivity index (χ1n) is 12.5. The van der Waals surface area contributed by atoms with Crippen LogP contribution in [0.15, 0.2) is 30.3 Å². The first-order chi connectivity index (χ1) is 15.8. The second-order valence-corrected chi connectivity index (χ2v) is 8.37. The molecule has 47 heavy (non-hydrogen) atoms. The van der Waals surface area contributed by atoms with E-state index in [2.05, 4.69) is 75.2 Å². The molecule has 0 heterocycles. The highest BCUT2D eigenvalue weighted by Gasteiger charge is 1.98. The van der Waals surface area contributed by atoms with E-state index in [4.69, 9.17) is 9.47 Å². The molecule has 0 aliphatic heterocycles. The molecule has 1 rings (SSSR count). The Morgan fingerprint density at radius 3 is 1.04 bits per heavy atom. The summed E-state index contributed by atoms with van der Waals surface area (Å²) < 4.78 is 14.5. The van der Waals surface area contributed by atoms with Crippen LogP contribution >= 0.6 is 11.8 Å². The lowest BCUT2D eigenvalue weighted by molar-refractivity contribution is 0.111. The van der Waals surface area contributed by atoms with Crippen LogP contribution < -0.4 is 5.32 Å². The minimum Gasteiger partial charge on any atom is -0.385 e. The number of aryl methyl sites for hydroxylation is 1. The van der Waals surface area contributed by atoms with Gasteiger partial charge in [-0.25, -0.2) is 0 Å². The molecule has 0 aromatic heterocycles. The monoisotopic (exact) mass is 716 g/mol. The summed E-state index contributed by atoms with van der Waals surface area (Å²) in [5.74, 6) is 1.24. The van der Waals surface area contributed by atoms with Crippen molar-refractivity contribution in [3.05, 3.63) is 35.9 Å². The van der Waals surface area contributed by atoms with E-state index < -0.39 is 0 Å². The molecular formula is C42H117NO3S. The number of hydrogen-bond acceptors (Lipinski definition) is 5. The van der Waals surface area contributed by atoms with Crippen molar-refractivity contribution in [1.82, 2.24) is 5.32 Å². The molecule has 314 valence electrons. The lowest BCUT2D eigenvalue weighted by atomic mass is 10.1. The Morgan fingerprint density at radius 1 is 0.617 bits per heavy atom. The maximum absolute atomic E-state index is 5.17. The maximum atomic E-state index is 5.17. The van der Waals surface area contributed by atoms with Gasteiger partial charge in [0.15, 0.2) is 0 Å².